The number of hydrogen-bond acceptors (Lipinski definition) is 2. The van der Waals surface area contributed by atoms with E-state index in [-0.39, 0.29) is 12.0 Å². The Morgan fingerprint density at radius 2 is 2.36 bits per heavy atom. The summed E-state index contributed by atoms with van der Waals surface area (Å²) in [5, 5.41) is 12.0. The SMILES string of the molecule is [N-]=[N+]=N[C@@H]1CC[C@H](C(=O)O)C1. The fourth-order valence-electron chi connectivity index (χ4n) is 1.36. The van der Waals surface area contributed by atoms with Crippen LogP contribution in [0.1, 0.15) is 19.3 Å². The van der Waals surface area contributed by atoms with Crippen LogP contribution < -0.4 is 0 Å². The van der Waals surface area contributed by atoms with Crippen LogP contribution in [0.15, 0.2) is 5.11 Å². The molecule has 1 N–H and O–H groups in total. The molecule has 0 unspecified atom stereocenters. The van der Waals surface area contributed by atoms with Gasteiger partial charge in [0.25, 0.3) is 0 Å². The summed E-state index contributed by atoms with van der Waals surface area (Å²) < 4.78 is 0. The first-order valence-corrected chi connectivity index (χ1v) is 3.51. The van der Waals surface area contributed by atoms with Crippen LogP contribution >= 0.6 is 0 Å². The van der Waals surface area contributed by atoms with E-state index in [1.54, 1.807) is 0 Å². The van der Waals surface area contributed by atoms with Crippen LogP contribution in [-0.2, 0) is 4.79 Å². The first-order valence-electron chi connectivity index (χ1n) is 3.51. The molecule has 1 rings (SSSR count). The lowest BCUT2D eigenvalue weighted by Gasteiger charge is -1.99. The van der Waals surface area contributed by atoms with Gasteiger partial charge >= 0.3 is 5.97 Å². The van der Waals surface area contributed by atoms with E-state index in [1.165, 1.54) is 0 Å². The van der Waals surface area contributed by atoms with Crippen molar-refractivity contribution < 1.29 is 9.90 Å². The van der Waals surface area contributed by atoms with E-state index >= 15 is 0 Å². The fraction of sp³-hybridized carbons (Fsp3) is 0.833. The highest BCUT2D eigenvalue weighted by Gasteiger charge is 2.28. The third-order valence-corrected chi connectivity index (χ3v) is 1.97. The van der Waals surface area contributed by atoms with Crippen LogP contribution in [0.2, 0.25) is 0 Å². The molecule has 5 heteroatoms. The highest BCUT2D eigenvalue weighted by atomic mass is 16.4. The molecular formula is C6H9N3O2. The van der Waals surface area contributed by atoms with Gasteiger partial charge in [-0.25, -0.2) is 0 Å². The number of carboxylic acids is 1. The number of hydrogen-bond donors (Lipinski definition) is 1. The van der Waals surface area contributed by atoms with Crippen LogP contribution in [0.25, 0.3) is 10.4 Å². The van der Waals surface area contributed by atoms with Crippen molar-refractivity contribution in [2.24, 2.45) is 11.0 Å². The Balaban J connectivity index is 2.46. The molecule has 0 saturated heterocycles. The molecule has 0 aliphatic heterocycles. The zero-order valence-corrected chi connectivity index (χ0v) is 5.97. The molecule has 0 aromatic heterocycles. The van der Waals surface area contributed by atoms with Crippen molar-refractivity contribution in [3.05, 3.63) is 10.4 Å². The van der Waals surface area contributed by atoms with Crippen molar-refractivity contribution in [1.29, 1.82) is 0 Å². The van der Waals surface area contributed by atoms with Crippen molar-refractivity contribution in [1.82, 2.24) is 0 Å². The summed E-state index contributed by atoms with van der Waals surface area (Å²) in [5.41, 5.74) is 8.06. The maximum atomic E-state index is 10.4. The average Bonchev–Trinajstić information content (AvgIpc) is 2.37. The standard InChI is InChI=1S/C6H9N3O2/c7-9-8-5-2-1-4(3-5)6(10)11/h4-5H,1-3H2,(H,10,11)/t4-,5+/m0/s1. The highest BCUT2D eigenvalue weighted by molar-refractivity contribution is 5.70. The van der Waals surface area contributed by atoms with Crippen molar-refractivity contribution in [3.8, 4) is 0 Å². The van der Waals surface area contributed by atoms with Gasteiger partial charge in [-0.2, -0.15) is 0 Å². The molecule has 1 aliphatic carbocycles. The molecule has 2 atom stereocenters. The van der Waals surface area contributed by atoms with Gasteiger partial charge in [0.2, 0.25) is 0 Å². The number of aliphatic carboxylic acids is 1. The van der Waals surface area contributed by atoms with E-state index < -0.39 is 5.97 Å². The monoisotopic (exact) mass is 155 g/mol. The summed E-state index contributed by atoms with van der Waals surface area (Å²) in [4.78, 5) is 13.1. The van der Waals surface area contributed by atoms with E-state index in [2.05, 4.69) is 10.0 Å². The fourth-order valence-corrected chi connectivity index (χ4v) is 1.36. The molecule has 0 aromatic carbocycles. The van der Waals surface area contributed by atoms with Crippen LogP contribution in [0.3, 0.4) is 0 Å². The zero-order chi connectivity index (χ0) is 8.27. The number of azide groups is 1. The molecule has 5 nitrogen and oxygen atoms in total. The molecule has 1 aliphatic rings. The second-order valence-corrected chi connectivity index (χ2v) is 2.71. The average molecular weight is 155 g/mol. The minimum atomic E-state index is -0.777. The van der Waals surface area contributed by atoms with E-state index in [4.69, 9.17) is 10.6 Å². The topological polar surface area (TPSA) is 86.1 Å². The summed E-state index contributed by atoms with van der Waals surface area (Å²) in [6.45, 7) is 0. The summed E-state index contributed by atoms with van der Waals surface area (Å²) >= 11 is 0. The largest absolute Gasteiger partial charge is 0.481 e. The maximum absolute atomic E-state index is 10.4. The Bertz CT molecular complexity index is 202. The zero-order valence-electron chi connectivity index (χ0n) is 5.97. The number of carbonyl (C=O) groups is 1. The molecule has 0 spiro atoms. The minimum Gasteiger partial charge on any atom is -0.481 e. The summed E-state index contributed by atoms with van der Waals surface area (Å²) in [7, 11) is 0. The van der Waals surface area contributed by atoms with Crippen LogP contribution in [-0.4, -0.2) is 17.1 Å². The van der Waals surface area contributed by atoms with Crippen LogP contribution in [0.5, 0.6) is 0 Å². The van der Waals surface area contributed by atoms with E-state index in [0.717, 1.165) is 0 Å². The van der Waals surface area contributed by atoms with Gasteiger partial charge in [-0.1, -0.05) is 5.11 Å². The molecule has 0 heterocycles. The lowest BCUT2D eigenvalue weighted by molar-refractivity contribution is -0.141. The van der Waals surface area contributed by atoms with Gasteiger partial charge in [0, 0.05) is 11.0 Å². The van der Waals surface area contributed by atoms with E-state index in [0.29, 0.717) is 19.3 Å². The number of nitrogens with zero attached hydrogens (tertiary/aromatic N) is 3. The quantitative estimate of drug-likeness (QED) is 0.372. The lowest BCUT2D eigenvalue weighted by atomic mass is 10.1. The summed E-state index contributed by atoms with van der Waals surface area (Å²) in [5.74, 6) is -1.08. The molecule has 1 saturated carbocycles. The third-order valence-electron chi connectivity index (χ3n) is 1.97. The molecule has 60 valence electrons. The van der Waals surface area contributed by atoms with Crippen molar-refractivity contribution in [3.63, 3.8) is 0 Å². The van der Waals surface area contributed by atoms with Gasteiger partial charge in [0.15, 0.2) is 0 Å². The Hall–Kier alpha value is -1.22. The lowest BCUT2D eigenvalue weighted by Crippen LogP contribution is -2.09. The molecule has 0 aromatic rings. The number of rotatable bonds is 2. The van der Waals surface area contributed by atoms with Crippen LogP contribution in [0, 0.1) is 5.92 Å². The van der Waals surface area contributed by atoms with Crippen molar-refractivity contribution in [2.45, 2.75) is 25.3 Å². The Kier molecular flexibility index (Phi) is 2.33. The van der Waals surface area contributed by atoms with Crippen molar-refractivity contribution in [2.75, 3.05) is 0 Å². The van der Waals surface area contributed by atoms with Gasteiger partial charge in [-0.3, -0.25) is 4.79 Å². The predicted molar refractivity (Wildman–Crippen MR) is 37.9 cm³/mol. The Morgan fingerprint density at radius 3 is 2.82 bits per heavy atom. The molecule has 11 heavy (non-hydrogen) atoms. The Morgan fingerprint density at radius 1 is 1.64 bits per heavy atom. The minimum absolute atomic E-state index is 0.0962. The second-order valence-electron chi connectivity index (χ2n) is 2.71. The normalized spacial score (nSPS) is 29.5. The van der Waals surface area contributed by atoms with E-state index in [9.17, 15) is 4.79 Å². The van der Waals surface area contributed by atoms with Gasteiger partial charge in [0.05, 0.1) is 5.92 Å². The number of carboxylic acid groups (broad SMARTS) is 1. The molecular weight excluding hydrogens is 146 g/mol. The maximum Gasteiger partial charge on any atom is 0.306 e. The van der Waals surface area contributed by atoms with Crippen molar-refractivity contribution >= 4 is 5.97 Å². The first-order chi connectivity index (χ1) is 5.24. The second kappa shape index (κ2) is 3.25. The van der Waals surface area contributed by atoms with Crippen LogP contribution in [0.4, 0.5) is 0 Å². The van der Waals surface area contributed by atoms with E-state index in [1.807, 2.05) is 0 Å². The predicted octanol–water partition coefficient (Wildman–Crippen LogP) is 1.55. The first kappa shape index (κ1) is 7.88. The molecule has 0 bridgehead atoms. The Labute approximate surface area is 63.6 Å². The molecule has 0 amide bonds. The molecule has 1 fully saturated rings. The molecule has 0 radical (unpaired) electrons. The van der Waals surface area contributed by atoms with Gasteiger partial charge < -0.3 is 5.11 Å². The van der Waals surface area contributed by atoms with Gasteiger partial charge in [0.1, 0.15) is 0 Å². The smallest absolute Gasteiger partial charge is 0.306 e. The third kappa shape index (κ3) is 1.85. The highest BCUT2D eigenvalue weighted by Crippen LogP contribution is 2.27. The summed E-state index contributed by atoms with van der Waals surface area (Å²) in [6.07, 6.45) is 1.85. The summed E-state index contributed by atoms with van der Waals surface area (Å²) in [6, 6.07) is -0.0962. The van der Waals surface area contributed by atoms with Gasteiger partial charge in [-0.05, 0) is 24.8 Å². The van der Waals surface area contributed by atoms with Gasteiger partial charge in [-0.15, -0.1) is 0 Å².